The van der Waals surface area contributed by atoms with E-state index in [4.69, 9.17) is 32.3 Å². The second-order valence-electron chi connectivity index (χ2n) is 8.55. The Hall–Kier alpha value is -4.60. The molecule has 1 saturated heterocycles. The van der Waals surface area contributed by atoms with Crippen LogP contribution in [-0.4, -0.2) is 43.2 Å². The molecule has 4 aromatic rings. The van der Waals surface area contributed by atoms with E-state index in [-0.39, 0.29) is 23.7 Å². The number of fused-ring (bicyclic) bond motifs is 1. The van der Waals surface area contributed by atoms with Gasteiger partial charge in [0.2, 0.25) is 11.8 Å². The number of halogens is 1. The molecular weight excluding hydrogens is 490 g/mol. The minimum atomic E-state index is -0.175. The highest BCUT2D eigenvalue weighted by Crippen LogP contribution is 2.37. The molecule has 1 aromatic carbocycles. The predicted octanol–water partition coefficient (Wildman–Crippen LogP) is 4.42. The maximum Gasteiger partial charge on any atom is 0.298 e. The van der Waals surface area contributed by atoms with E-state index in [0.29, 0.717) is 40.8 Å². The number of nitrogens with zero attached hydrogens (tertiary/aromatic N) is 6. The molecule has 1 aliphatic rings. The summed E-state index contributed by atoms with van der Waals surface area (Å²) in [5.74, 6) is 6.73. The highest BCUT2D eigenvalue weighted by molar-refractivity contribution is 6.33. The molecule has 0 radical (unpaired) electrons. The summed E-state index contributed by atoms with van der Waals surface area (Å²) in [4.78, 5) is 27.5. The molecule has 1 atom stereocenters. The van der Waals surface area contributed by atoms with Crippen molar-refractivity contribution >= 4 is 29.0 Å². The minimum absolute atomic E-state index is 0.0155. The number of nitrogens with two attached hydrogens (primary N) is 1. The number of carbonyl (C=O) groups excluding carboxylic acids is 1. The Balaban J connectivity index is 1.51. The van der Waals surface area contributed by atoms with Gasteiger partial charge in [-0.3, -0.25) is 9.20 Å². The molecule has 1 unspecified atom stereocenters. The summed E-state index contributed by atoms with van der Waals surface area (Å²) in [6.07, 6.45) is 4.89. The zero-order chi connectivity index (χ0) is 25.9. The number of piperidine rings is 1. The van der Waals surface area contributed by atoms with E-state index in [0.717, 1.165) is 24.1 Å². The Morgan fingerprint density at radius 3 is 2.84 bits per heavy atom. The van der Waals surface area contributed by atoms with Gasteiger partial charge in [0.05, 0.1) is 27.9 Å². The third-order valence-electron chi connectivity index (χ3n) is 6.20. The van der Waals surface area contributed by atoms with Gasteiger partial charge in [-0.15, -0.1) is 0 Å². The zero-order valence-electron chi connectivity index (χ0n) is 20.0. The molecule has 10 heteroatoms. The van der Waals surface area contributed by atoms with E-state index < -0.39 is 0 Å². The minimum Gasteiger partial charge on any atom is -0.439 e. The molecular formula is C27H22ClN7O2. The lowest BCUT2D eigenvalue weighted by Gasteiger charge is -2.30. The van der Waals surface area contributed by atoms with Gasteiger partial charge < -0.3 is 15.4 Å². The van der Waals surface area contributed by atoms with Gasteiger partial charge >= 0.3 is 0 Å². The van der Waals surface area contributed by atoms with Gasteiger partial charge in [0.15, 0.2) is 0 Å². The topological polar surface area (TPSA) is 122 Å². The predicted molar refractivity (Wildman–Crippen MR) is 139 cm³/mol. The maximum atomic E-state index is 12.4. The highest BCUT2D eigenvalue weighted by atomic mass is 35.5. The second kappa shape index (κ2) is 10.2. The van der Waals surface area contributed by atoms with Crippen molar-refractivity contribution in [3.05, 3.63) is 65.1 Å². The lowest BCUT2D eigenvalue weighted by atomic mass is 9.94. The monoisotopic (exact) mass is 511 g/mol. The zero-order valence-corrected chi connectivity index (χ0v) is 20.7. The second-order valence-corrected chi connectivity index (χ2v) is 8.96. The SMILES string of the molecule is CC#CC(=O)N1CCCC(c2nc(-c3ccc(Oc4cc(C#N)ccn4)cc3Cl)n3c(N)nccc23)C1. The molecule has 5 rings (SSSR count). The van der Waals surface area contributed by atoms with Gasteiger partial charge in [-0.05, 0) is 50.0 Å². The molecule has 0 bridgehead atoms. The van der Waals surface area contributed by atoms with Crippen LogP contribution in [0.2, 0.25) is 5.02 Å². The average molecular weight is 512 g/mol. The number of hydrogen-bond donors (Lipinski definition) is 1. The normalized spacial score (nSPS) is 15.1. The molecule has 1 amide bonds. The van der Waals surface area contributed by atoms with Crippen LogP contribution in [0.3, 0.4) is 0 Å². The first-order valence-corrected chi connectivity index (χ1v) is 12.0. The van der Waals surface area contributed by atoms with Crippen LogP contribution >= 0.6 is 11.6 Å². The van der Waals surface area contributed by atoms with E-state index in [1.807, 2.05) is 6.07 Å². The highest BCUT2D eigenvalue weighted by Gasteiger charge is 2.29. The van der Waals surface area contributed by atoms with Crippen molar-refractivity contribution in [2.45, 2.75) is 25.7 Å². The van der Waals surface area contributed by atoms with Crippen LogP contribution < -0.4 is 10.5 Å². The Morgan fingerprint density at radius 1 is 1.22 bits per heavy atom. The first-order valence-electron chi connectivity index (χ1n) is 11.7. The molecule has 0 saturated carbocycles. The van der Waals surface area contributed by atoms with Gasteiger partial charge in [0.25, 0.3) is 5.91 Å². The molecule has 37 heavy (non-hydrogen) atoms. The van der Waals surface area contributed by atoms with Crippen LogP contribution in [0.5, 0.6) is 11.6 Å². The number of ether oxygens (including phenoxy) is 1. The van der Waals surface area contributed by atoms with Crippen molar-refractivity contribution < 1.29 is 9.53 Å². The fourth-order valence-electron chi connectivity index (χ4n) is 4.53. The average Bonchev–Trinajstić information content (AvgIpc) is 3.30. The number of rotatable bonds is 4. The molecule has 184 valence electrons. The number of amides is 1. The van der Waals surface area contributed by atoms with Crippen molar-refractivity contribution in [1.29, 1.82) is 5.26 Å². The van der Waals surface area contributed by atoms with Crippen molar-refractivity contribution in [3.8, 4) is 40.9 Å². The quantitative estimate of drug-likeness (QED) is 0.402. The molecule has 4 heterocycles. The summed E-state index contributed by atoms with van der Waals surface area (Å²) < 4.78 is 7.58. The van der Waals surface area contributed by atoms with Crippen molar-refractivity contribution in [3.63, 3.8) is 0 Å². The Bertz CT molecular complexity index is 1610. The molecule has 1 aliphatic heterocycles. The number of likely N-dealkylation sites (tertiary alicyclic amines) is 1. The number of pyridine rings is 1. The number of nitrogen functional groups attached to an aromatic ring is 1. The number of anilines is 1. The van der Waals surface area contributed by atoms with Gasteiger partial charge in [0.1, 0.15) is 11.6 Å². The summed E-state index contributed by atoms with van der Waals surface area (Å²) in [7, 11) is 0. The van der Waals surface area contributed by atoms with Crippen LogP contribution in [0.25, 0.3) is 16.9 Å². The van der Waals surface area contributed by atoms with Gasteiger partial charge in [-0.25, -0.2) is 15.0 Å². The number of benzene rings is 1. The summed E-state index contributed by atoms with van der Waals surface area (Å²) >= 11 is 6.70. The van der Waals surface area contributed by atoms with E-state index in [1.54, 1.807) is 52.8 Å². The molecule has 0 spiro atoms. The Kier molecular flexibility index (Phi) is 6.63. The summed E-state index contributed by atoms with van der Waals surface area (Å²) in [5, 5.41) is 9.50. The first kappa shape index (κ1) is 24.1. The maximum absolute atomic E-state index is 12.4. The first-order chi connectivity index (χ1) is 18.0. The van der Waals surface area contributed by atoms with E-state index in [9.17, 15) is 4.79 Å². The van der Waals surface area contributed by atoms with Gasteiger partial charge in [0, 0.05) is 49.1 Å². The van der Waals surface area contributed by atoms with Crippen LogP contribution in [-0.2, 0) is 4.79 Å². The standard InChI is InChI=1S/C27H22ClN7O2/c1-2-4-24(36)34-12-3-5-18(16-34)25-22-9-11-32-27(30)35(22)26(33-25)20-7-6-19(14-21(20)28)37-23-13-17(15-29)8-10-31-23/h6-11,13-14,18H,3,5,12,16H2,1H3,(H2,30,32). The lowest BCUT2D eigenvalue weighted by molar-refractivity contribution is -0.126. The number of nitriles is 1. The van der Waals surface area contributed by atoms with Crippen LogP contribution in [0.15, 0.2) is 48.8 Å². The summed E-state index contributed by atoms with van der Waals surface area (Å²) in [6.45, 7) is 2.85. The number of carbonyl (C=O) groups is 1. The number of aromatic nitrogens is 4. The fourth-order valence-corrected chi connectivity index (χ4v) is 4.79. The van der Waals surface area contributed by atoms with Crippen molar-refractivity contribution in [2.75, 3.05) is 18.8 Å². The molecule has 0 aliphatic carbocycles. The molecule has 9 nitrogen and oxygen atoms in total. The number of hydrogen-bond acceptors (Lipinski definition) is 7. The van der Waals surface area contributed by atoms with Crippen LogP contribution in [0, 0.1) is 23.2 Å². The van der Waals surface area contributed by atoms with Crippen LogP contribution in [0.1, 0.15) is 36.9 Å². The van der Waals surface area contributed by atoms with Gasteiger partial charge in [-0.2, -0.15) is 5.26 Å². The Labute approximate surface area is 218 Å². The smallest absolute Gasteiger partial charge is 0.298 e. The molecule has 2 N–H and O–H groups in total. The summed E-state index contributed by atoms with van der Waals surface area (Å²) in [6, 6.07) is 12.3. The third kappa shape index (κ3) is 4.77. The van der Waals surface area contributed by atoms with E-state index in [2.05, 4.69) is 27.9 Å². The number of imidazole rings is 1. The molecule has 1 fully saturated rings. The van der Waals surface area contributed by atoms with E-state index >= 15 is 0 Å². The Morgan fingerprint density at radius 2 is 2.05 bits per heavy atom. The van der Waals surface area contributed by atoms with Gasteiger partial charge in [-0.1, -0.05) is 17.5 Å². The molecule has 3 aromatic heterocycles. The van der Waals surface area contributed by atoms with Crippen molar-refractivity contribution in [1.82, 2.24) is 24.3 Å². The van der Waals surface area contributed by atoms with E-state index in [1.165, 1.54) is 6.20 Å². The summed E-state index contributed by atoms with van der Waals surface area (Å²) in [5.41, 5.74) is 9.03. The lowest BCUT2D eigenvalue weighted by Crippen LogP contribution is -2.38. The fraction of sp³-hybridized carbons (Fsp3) is 0.222. The van der Waals surface area contributed by atoms with Crippen LogP contribution in [0.4, 0.5) is 5.95 Å². The van der Waals surface area contributed by atoms with Crippen molar-refractivity contribution in [2.24, 2.45) is 0 Å². The largest absolute Gasteiger partial charge is 0.439 e. The third-order valence-corrected chi connectivity index (χ3v) is 6.52.